The molecule has 0 saturated heterocycles. The van der Waals surface area contributed by atoms with Gasteiger partial charge >= 0.3 is 5.97 Å². The van der Waals surface area contributed by atoms with Gasteiger partial charge in [-0.15, -0.1) is 0 Å². The standard InChI is InChI=1S/C12H23NO3/c1-7(2)10(8(3)4)6-13-11(14)9(5)12(15)16/h7-10H,6H2,1-5H3,(H,13,14)(H,15,16). The molecule has 0 fully saturated rings. The molecule has 0 heterocycles. The third-order valence-electron chi connectivity index (χ3n) is 2.99. The van der Waals surface area contributed by atoms with Crippen molar-refractivity contribution in [3.8, 4) is 0 Å². The third-order valence-corrected chi connectivity index (χ3v) is 2.99. The fraction of sp³-hybridized carbons (Fsp3) is 0.833. The Kier molecular flexibility index (Phi) is 6.08. The van der Waals surface area contributed by atoms with Crippen LogP contribution in [0.15, 0.2) is 0 Å². The number of rotatable bonds is 6. The van der Waals surface area contributed by atoms with Crippen LogP contribution < -0.4 is 5.32 Å². The molecule has 0 aliphatic heterocycles. The molecule has 0 aromatic heterocycles. The molecule has 1 unspecified atom stereocenters. The topological polar surface area (TPSA) is 66.4 Å². The number of carbonyl (C=O) groups excluding carboxylic acids is 1. The molecule has 4 heteroatoms. The van der Waals surface area contributed by atoms with E-state index >= 15 is 0 Å². The lowest BCUT2D eigenvalue weighted by Crippen LogP contribution is -2.38. The largest absolute Gasteiger partial charge is 0.481 e. The van der Waals surface area contributed by atoms with Gasteiger partial charge in [-0.25, -0.2) is 0 Å². The Balaban J connectivity index is 4.22. The molecule has 16 heavy (non-hydrogen) atoms. The minimum atomic E-state index is -1.08. The third kappa shape index (κ3) is 4.64. The Bertz CT molecular complexity index is 241. The lowest BCUT2D eigenvalue weighted by Gasteiger charge is -2.25. The van der Waals surface area contributed by atoms with Crippen LogP contribution >= 0.6 is 0 Å². The number of nitrogens with one attached hydrogen (secondary N) is 1. The molecule has 0 radical (unpaired) electrons. The van der Waals surface area contributed by atoms with Crippen LogP contribution in [0.1, 0.15) is 34.6 Å². The van der Waals surface area contributed by atoms with Gasteiger partial charge in [-0.05, 0) is 24.7 Å². The zero-order chi connectivity index (χ0) is 12.9. The van der Waals surface area contributed by atoms with Crippen molar-refractivity contribution < 1.29 is 14.7 Å². The van der Waals surface area contributed by atoms with Gasteiger partial charge in [0.25, 0.3) is 0 Å². The Morgan fingerprint density at radius 1 is 1.06 bits per heavy atom. The van der Waals surface area contributed by atoms with Crippen molar-refractivity contribution in [1.29, 1.82) is 0 Å². The molecule has 0 rings (SSSR count). The van der Waals surface area contributed by atoms with E-state index < -0.39 is 17.8 Å². The lowest BCUT2D eigenvalue weighted by atomic mass is 9.85. The minimum absolute atomic E-state index is 0.380. The highest BCUT2D eigenvalue weighted by molar-refractivity contribution is 5.96. The first kappa shape index (κ1) is 14.9. The summed E-state index contributed by atoms with van der Waals surface area (Å²) >= 11 is 0. The van der Waals surface area contributed by atoms with Crippen LogP contribution in [0, 0.1) is 23.7 Å². The van der Waals surface area contributed by atoms with E-state index in [1.165, 1.54) is 6.92 Å². The highest BCUT2D eigenvalue weighted by Crippen LogP contribution is 2.19. The summed E-state index contributed by atoms with van der Waals surface area (Å²) < 4.78 is 0. The number of amides is 1. The summed E-state index contributed by atoms with van der Waals surface area (Å²) in [5, 5.41) is 11.4. The van der Waals surface area contributed by atoms with Crippen molar-refractivity contribution in [2.24, 2.45) is 23.7 Å². The normalized spacial score (nSPS) is 13.2. The smallest absolute Gasteiger partial charge is 0.315 e. The van der Waals surface area contributed by atoms with Gasteiger partial charge in [0.15, 0.2) is 0 Å². The fourth-order valence-corrected chi connectivity index (χ4v) is 1.72. The summed E-state index contributed by atoms with van der Waals surface area (Å²) in [6.07, 6.45) is 0. The average molecular weight is 229 g/mol. The summed E-state index contributed by atoms with van der Waals surface area (Å²) in [6, 6.07) is 0. The summed E-state index contributed by atoms with van der Waals surface area (Å²) in [5.74, 6) is -1.13. The number of aliphatic carboxylic acids is 1. The summed E-state index contributed by atoms with van der Waals surface area (Å²) in [6.45, 7) is 10.4. The number of carboxylic acid groups (broad SMARTS) is 1. The molecule has 0 bridgehead atoms. The van der Waals surface area contributed by atoms with Crippen LogP contribution in [-0.2, 0) is 9.59 Å². The second kappa shape index (κ2) is 6.51. The molecule has 0 aliphatic carbocycles. The van der Waals surface area contributed by atoms with Crippen LogP contribution in [-0.4, -0.2) is 23.5 Å². The predicted molar refractivity (Wildman–Crippen MR) is 63.0 cm³/mol. The quantitative estimate of drug-likeness (QED) is 0.682. The maximum absolute atomic E-state index is 11.4. The van der Waals surface area contributed by atoms with Gasteiger partial charge in [-0.3, -0.25) is 9.59 Å². The molecular weight excluding hydrogens is 206 g/mol. The van der Waals surface area contributed by atoms with Gasteiger partial charge in [-0.1, -0.05) is 27.7 Å². The van der Waals surface area contributed by atoms with Gasteiger partial charge in [0.2, 0.25) is 5.91 Å². The van der Waals surface area contributed by atoms with E-state index in [0.29, 0.717) is 24.3 Å². The van der Waals surface area contributed by atoms with E-state index in [0.717, 1.165) is 0 Å². The summed E-state index contributed by atoms with van der Waals surface area (Å²) in [4.78, 5) is 22.0. The predicted octanol–water partition coefficient (Wildman–Crippen LogP) is 1.75. The van der Waals surface area contributed by atoms with Crippen LogP contribution in [0.2, 0.25) is 0 Å². The zero-order valence-corrected chi connectivity index (χ0v) is 10.8. The number of carbonyl (C=O) groups is 2. The van der Waals surface area contributed by atoms with Gasteiger partial charge in [0, 0.05) is 6.54 Å². The Hall–Kier alpha value is -1.06. The molecular formula is C12H23NO3. The van der Waals surface area contributed by atoms with Crippen molar-refractivity contribution in [2.45, 2.75) is 34.6 Å². The molecule has 0 saturated carbocycles. The van der Waals surface area contributed by atoms with Gasteiger partial charge < -0.3 is 10.4 Å². The van der Waals surface area contributed by atoms with E-state index in [9.17, 15) is 9.59 Å². The molecule has 1 amide bonds. The lowest BCUT2D eigenvalue weighted by molar-refractivity contribution is -0.146. The van der Waals surface area contributed by atoms with E-state index in [1.807, 2.05) is 0 Å². The van der Waals surface area contributed by atoms with Crippen molar-refractivity contribution in [1.82, 2.24) is 5.32 Å². The van der Waals surface area contributed by atoms with Gasteiger partial charge in [-0.2, -0.15) is 0 Å². The van der Waals surface area contributed by atoms with E-state index in [4.69, 9.17) is 5.11 Å². The maximum atomic E-state index is 11.4. The molecule has 1 atom stereocenters. The van der Waals surface area contributed by atoms with Gasteiger partial charge in [0.1, 0.15) is 5.92 Å². The fourth-order valence-electron chi connectivity index (χ4n) is 1.72. The van der Waals surface area contributed by atoms with E-state index in [2.05, 4.69) is 33.0 Å². The second-order valence-electron chi connectivity index (χ2n) is 4.96. The van der Waals surface area contributed by atoms with E-state index in [1.54, 1.807) is 0 Å². The van der Waals surface area contributed by atoms with Crippen LogP contribution in [0.4, 0.5) is 0 Å². The molecule has 4 nitrogen and oxygen atoms in total. The van der Waals surface area contributed by atoms with Crippen LogP contribution in [0.5, 0.6) is 0 Å². The molecule has 0 aromatic carbocycles. The first-order chi connectivity index (χ1) is 7.27. The first-order valence-electron chi connectivity index (χ1n) is 5.77. The zero-order valence-electron chi connectivity index (χ0n) is 10.8. The monoisotopic (exact) mass is 229 g/mol. The van der Waals surface area contributed by atoms with Crippen molar-refractivity contribution in [3.63, 3.8) is 0 Å². The molecule has 94 valence electrons. The van der Waals surface area contributed by atoms with E-state index in [-0.39, 0.29) is 0 Å². The SMILES string of the molecule is CC(C(=O)O)C(=O)NCC(C(C)C)C(C)C. The Morgan fingerprint density at radius 2 is 1.50 bits per heavy atom. The highest BCUT2D eigenvalue weighted by atomic mass is 16.4. The average Bonchev–Trinajstić information content (AvgIpc) is 2.15. The molecule has 2 N–H and O–H groups in total. The molecule has 0 aromatic rings. The number of hydrogen-bond acceptors (Lipinski definition) is 2. The van der Waals surface area contributed by atoms with Crippen molar-refractivity contribution in [3.05, 3.63) is 0 Å². The number of carboxylic acids is 1. The maximum Gasteiger partial charge on any atom is 0.315 e. The summed E-state index contributed by atoms with van der Waals surface area (Å²) in [7, 11) is 0. The van der Waals surface area contributed by atoms with Crippen LogP contribution in [0.3, 0.4) is 0 Å². The second-order valence-corrected chi connectivity index (χ2v) is 4.96. The molecule has 0 aliphatic rings. The van der Waals surface area contributed by atoms with Crippen molar-refractivity contribution in [2.75, 3.05) is 6.54 Å². The van der Waals surface area contributed by atoms with Crippen molar-refractivity contribution >= 4 is 11.9 Å². The van der Waals surface area contributed by atoms with Crippen LogP contribution in [0.25, 0.3) is 0 Å². The van der Waals surface area contributed by atoms with Gasteiger partial charge in [0.05, 0.1) is 0 Å². The highest BCUT2D eigenvalue weighted by Gasteiger charge is 2.23. The number of hydrogen-bond donors (Lipinski definition) is 2. The minimum Gasteiger partial charge on any atom is -0.481 e. The first-order valence-corrected chi connectivity index (χ1v) is 5.77. The summed E-state index contributed by atoms with van der Waals surface area (Å²) in [5.41, 5.74) is 0. The Morgan fingerprint density at radius 3 is 1.81 bits per heavy atom. The Labute approximate surface area is 97.4 Å². The molecule has 0 spiro atoms.